The summed E-state index contributed by atoms with van der Waals surface area (Å²) >= 11 is 0. The number of benzene rings is 1. The van der Waals surface area contributed by atoms with Crippen LogP contribution in [0.5, 0.6) is 0 Å². The van der Waals surface area contributed by atoms with Crippen molar-refractivity contribution in [1.29, 1.82) is 5.26 Å². The van der Waals surface area contributed by atoms with Gasteiger partial charge in [0.05, 0.1) is 23.3 Å². The van der Waals surface area contributed by atoms with Crippen molar-refractivity contribution in [3.05, 3.63) is 65.6 Å². The molecule has 7 nitrogen and oxygen atoms in total. The van der Waals surface area contributed by atoms with Crippen LogP contribution >= 0.6 is 0 Å². The molecule has 1 aliphatic heterocycles. The summed E-state index contributed by atoms with van der Waals surface area (Å²) < 4.78 is 0. The van der Waals surface area contributed by atoms with Crippen LogP contribution in [0, 0.1) is 11.3 Å². The molecule has 3 heterocycles. The number of aromatic nitrogens is 3. The topological polar surface area (TPSA) is 94.8 Å². The number of carbonyl (C=O) groups excluding carboxylic acids is 1. The third-order valence-corrected chi connectivity index (χ3v) is 4.99. The molecule has 0 saturated carbocycles. The van der Waals surface area contributed by atoms with Gasteiger partial charge in [0.2, 0.25) is 11.9 Å². The maximum Gasteiger partial charge on any atom is 0.223 e. The number of fused-ring (bicyclic) bond motifs is 1. The average molecular weight is 384 g/mol. The Morgan fingerprint density at radius 1 is 1.24 bits per heavy atom. The van der Waals surface area contributed by atoms with Gasteiger partial charge in [-0.05, 0) is 35.8 Å². The molecule has 3 aromatic rings. The summed E-state index contributed by atoms with van der Waals surface area (Å²) in [5.74, 6) is 0.639. The van der Waals surface area contributed by atoms with Gasteiger partial charge >= 0.3 is 0 Å². The van der Waals surface area contributed by atoms with Crippen LogP contribution in [0.15, 0.2) is 48.8 Å². The van der Waals surface area contributed by atoms with Crippen molar-refractivity contribution in [2.75, 3.05) is 18.4 Å². The second-order valence-electron chi connectivity index (χ2n) is 6.92. The number of hydrogen-bond donors (Lipinski definition) is 1. The molecule has 1 amide bonds. The monoisotopic (exact) mass is 384 g/mol. The number of nitrogens with zero attached hydrogens (tertiary/aromatic N) is 5. The molecule has 1 aliphatic rings. The fourth-order valence-electron chi connectivity index (χ4n) is 3.29. The molecule has 0 atom stereocenters. The highest BCUT2D eigenvalue weighted by atomic mass is 16.2. The summed E-state index contributed by atoms with van der Waals surface area (Å²) in [5.41, 5.74) is 4.57. The van der Waals surface area contributed by atoms with Gasteiger partial charge in [-0.1, -0.05) is 18.2 Å². The lowest BCUT2D eigenvalue weighted by molar-refractivity contribution is -0.128. The molecule has 0 aliphatic carbocycles. The van der Waals surface area contributed by atoms with Gasteiger partial charge in [-0.3, -0.25) is 9.78 Å². The van der Waals surface area contributed by atoms with Gasteiger partial charge in [-0.25, -0.2) is 9.97 Å². The van der Waals surface area contributed by atoms with E-state index in [1.165, 1.54) is 5.57 Å². The predicted molar refractivity (Wildman–Crippen MR) is 111 cm³/mol. The highest BCUT2D eigenvalue weighted by molar-refractivity contribution is 5.84. The quantitative estimate of drug-likeness (QED) is 0.742. The lowest BCUT2D eigenvalue weighted by Crippen LogP contribution is -2.32. The third kappa shape index (κ3) is 4.22. The van der Waals surface area contributed by atoms with Gasteiger partial charge < -0.3 is 10.2 Å². The molecule has 0 spiro atoms. The first-order valence-corrected chi connectivity index (χ1v) is 9.43. The van der Waals surface area contributed by atoms with E-state index in [4.69, 9.17) is 5.26 Å². The average Bonchev–Trinajstić information content (AvgIpc) is 2.77. The highest BCUT2D eigenvalue weighted by Crippen LogP contribution is 2.25. The van der Waals surface area contributed by atoms with Gasteiger partial charge in [0.1, 0.15) is 6.07 Å². The number of hydrogen-bond acceptors (Lipinski definition) is 6. The van der Waals surface area contributed by atoms with E-state index in [9.17, 15) is 4.79 Å². The summed E-state index contributed by atoms with van der Waals surface area (Å²) in [5, 5.41) is 13.0. The van der Waals surface area contributed by atoms with Gasteiger partial charge in [0.25, 0.3) is 0 Å². The Morgan fingerprint density at radius 2 is 2.14 bits per heavy atom. The fraction of sp³-hybridized carbons (Fsp3) is 0.227. The molecule has 144 valence electrons. The summed E-state index contributed by atoms with van der Waals surface area (Å²) in [7, 11) is 0. The number of rotatable bonds is 4. The molecule has 0 unspecified atom stereocenters. The number of anilines is 1. The minimum Gasteiger partial charge on any atom is -0.349 e. The van der Waals surface area contributed by atoms with Crippen molar-refractivity contribution >= 4 is 28.3 Å². The molecule has 29 heavy (non-hydrogen) atoms. The van der Waals surface area contributed by atoms with Crippen LogP contribution < -0.4 is 5.32 Å². The van der Waals surface area contributed by atoms with E-state index in [1.807, 2.05) is 17.0 Å². The first-order chi connectivity index (χ1) is 14.1. The predicted octanol–water partition coefficient (Wildman–Crippen LogP) is 3.14. The van der Waals surface area contributed by atoms with Crippen molar-refractivity contribution in [2.45, 2.75) is 19.9 Å². The maximum atomic E-state index is 11.5. The van der Waals surface area contributed by atoms with E-state index in [1.54, 1.807) is 25.4 Å². The molecule has 1 N–H and O–H groups in total. The van der Waals surface area contributed by atoms with Gasteiger partial charge in [0, 0.05) is 37.8 Å². The van der Waals surface area contributed by atoms with Crippen molar-refractivity contribution in [1.82, 2.24) is 19.9 Å². The van der Waals surface area contributed by atoms with Crippen molar-refractivity contribution < 1.29 is 4.79 Å². The smallest absolute Gasteiger partial charge is 0.223 e. The van der Waals surface area contributed by atoms with Gasteiger partial charge in [-0.15, -0.1) is 0 Å². The minimum atomic E-state index is 0.110. The summed E-state index contributed by atoms with van der Waals surface area (Å²) in [6.45, 7) is 3.47. The largest absolute Gasteiger partial charge is 0.349 e. The molecule has 0 saturated heterocycles. The normalized spacial score (nSPS) is 13.7. The van der Waals surface area contributed by atoms with E-state index in [0.29, 0.717) is 24.6 Å². The van der Waals surface area contributed by atoms with Crippen LogP contribution in [0.3, 0.4) is 0 Å². The van der Waals surface area contributed by atoms with Gasteiger partial charge in [0.15, 0.2) is 0 Å². The number of nitriles is 1. The van der Waals surface area contributed by atoms with Crippen LogP contribution in [0.25, 0.3) is 16.5 Å². The van der Waals surface area contributed by atoms with Crippen LogP contribution in [0.1, 0.15) is 30.2 Å². The molecule has 7 heteroatoms. The van der Waals surface area contributed by atoms with E-state index in [-0.39, 0.29) is 5.91 Å². The molecule has 4 rings (SSSR count). The molecule has 2 aromatic heterocycles. The molecular formula is C22H20N6O. The van der Waals surface area contributed by atoms with Crippen LogP contribution in [-0.4, -0.2) is 38.8 Å². The zero-order valence-electron chi connectivity index (χ0n) is 16.1. The number of pyridine rings is 1. The fourth-order valence-corrected chi connectivity index (χ4v) is 3.29. The van der Waals surface area contributed by atoms with Crippen LogP contribution in [-0.2, 0) is 11.3 Å². The van der Waals surface area contributed by atoms with E-state index >= 15 is 0 Å². The van der Waals surface area contributed by atoms with Crippen LogP contribution in [0.4, 0.5) is 5.95 Å². The Kier molecular flexibility index (Phi) is 5.16. The second-order valence-corrected chi connectivity index (χ2v) is 6.92. The summed E-state index contributed by atoms with van der Waals surface area (Å²) in [6, 6.07) is 11.8. The first kappa shape index (κ1) is 18.6. The lowest BCUT2D eigenvalue weighted by atomic mass is 9.98. The minimum absolute atomic E-state index is 0.110. The molecule has 0 fully saturated rings. The summed E-state index contributed by atoms with van der Waals surface area (Å²) in [6.07, 6.45) is 6.30. The second kappa shape index (κ2) is 8.07. The Morgan fingerprint density at radius 3 is 2.83 bits per heavy atom. The highest BCUT2D eigenvalue weighted by Gasteiger charge is 2.15. The molecular weight excluding hydrogens is 364 g/mol. The van der Waals surface area contributed by atoms with Crippen molar-refractivity contribution in [3.8, 4) is 6.07 Å². The SMILES string of the molecule is CC(=O)N1CC=C(c2ccc3cnc(NCc4ccc(C#N)cn4)nc3c2)CC1. The number of carbonyl (C=O) groups is 1. The first-order valence-electron chi connectivity index (χ1n) is 9.43. The Hall–Kier alpha value is -3.79. The van der Waals surface area contributed by atoms with Crippen LogP contribution in [0.2, 0.25) is 0 Å². The Bertz CT molecular complexity index is 1130. The van der Waals surface area contributed by atoms with E-state index in [0.717, 1.165) is 35.1 Å². The number of nitrogens with one attached hydrogen (secondary N) is 1. The Labute approximate surface area is 168 Å². The van der Waals surface area contributed by atoms with Crippen molar-refractivity contribution in [2.24, 2.45) is 0 Å². The lowest BCUT2D eigenvalue weighted by Gasteiger charge is -2.25. The zero-order chi connectivity index (χ0) is 20.2. The zero-order valence-corrected chi connectivity index (χ0v) is 16.1. The third-order valence-electron chi connectivity index (χ3n) is 4.99. The molecule has 0 bridgehead atoms. The Balaban J connectivity index is 1.51. The standard InChI is InChI=1S/C22H20N6O/c1-15(29)28-8-6-17(7-9-28)18-3-4-19-13-25-22(27-21(19)10-18)26-14-20-5-2-16(11-23)12-24-20/h2-6,10,12-13H,7-9,14H2,1H3,(H,25,26,27). The van der Waals surface area contributed by atoms with Gasteiger partial charge in [-0.2, -0.15) is 5.26 Å². The van der Waals surface area contributed by atoms with E-state index < -0.39 is 0 Å². The molecule has 1 aromatic carbocycles. The molecule has 0 radical (unpaired) electrons. The maximum absolute atomic E-state index is 11.5. The summed E-state index contributed by atoms with van der Waals surface area (Å²) in [4.78, 5) is 26.6. The van der Waals surface area contributed by atoms with Crippen molar-refractivity contribution in [3.63, 3.8) is 0 Å². The van der Waals surface area contributed by atoms with E-state index in [2.05, 4.69) is 44.5 Å². The number of amides is 1.